The maximum absolute atomic E-state index is 15.0. The van der Waals surface area contributed by atoms with Crippen LogP contribution in [0.4, 0.5) is 10.2 Å². The number of amides is 2. The van der Waals surface area contributed by atoms with E-state index in [1.807, 2.05) is 24.3 Å². The monoisotopic (exact) mass is 570 g/mol. The zero-order valence-corrected chi connectivity index (χ0v) is 23.1. The van der Waals surface area contributed by atoms with Gasteiger partial charge in [-0.25, -0.2) is 9.37 Å². The molecule has 0 aliphatic carbocycles. The zero-order chi connectivity index (χ0) is 29.1. The van der Waals surface area contributed by atoms with E-state index in [0.717, 1.165) is 0 Å². The fourth-order valence-corrected chi connectivity index (χ4v) is 5.33. The average Bonchev–Trinajstić information content (AvgIpc) is 3.42. The third-order valence-corrected chi connectivity index (χ3v) is 7.66. The third kappa shape index (κ3) is 6.01. The fourth-order valence-electron chi connectivity index (χ4n) is 5.33. The molecule has 0 saturated carbocycles. The van der Waals surface area contributed by atoms with Crippen LogP contribution in [0.5, 0.6) is 0 Å². The number of anilines is 1. The Bertz CT molecular complexity index is 1610. The highest BCUT2D eigenvalue weighted by Crippen LogP contribution is 2.21. The standard InChI is InChI=1S/C31H31FN6O4/c32-25-19-27-24(17-23(25)18-28(39)26-7-4-8-29(33-26)35-13-15-42-16-14-35)20-38(34-27)21-30(40)36-9-11-37(12-10-36)31(41)22-5-2-1-3-6-22/h1-8,17,19-20H,9-16,18,21H2. The number of ketones is 1. The van der Waals surface area contributed by atoms with E-state index in [-0.39, 0.29) is 41.8 Å². The number of rotatable bonds is 7. The zero-order valence-electron chi connectivity index (χ0n) is 23.1. The van der Waals surface area contributed by atoms with Gasteiger partial charge in [-0.15, -0.1) is 0 Å². The van der Waals surface area contributed by atoms with Crippen molar-refractivity contribution in [3.63, 3.8) is 0 Å². The molecule has 2 fully saturated rings. The number of carbonyl (C=O) groups is 3. The maximum Gasteiger partial charge on any atom is 0.253 e. The summed E-state index contributed by atoms with van der Waals surface area (Å²) < 4.78 is 21.9. The van der Waals surface area contributed by atoms with E-state index in [1.54, 1.807) is 46.3 Å². The van der Waals surface area contributed by atoms with Gasteiger partial charge in [-0.05, 0) is 35.9 Å². The molecule has 0 unspecified atom stereocenters. The Morgan fingerprint density at radius 3 is 2.36 bits per heavy atom. The quantitative estimate of drug-likeness (QED) is 0.315. The van der Waals surface area contributed by atoms with Gasteiger partial charge in [-0.1, -0.05) is 24.3 Å². The summed E-state index contributed by atoms with van der Waals surface area (Å²) >= 11 is 0. The van der Waals surface area contributed by atoms with E-state index >= 15 is 4.39 Å². The number of benzene rings is 2. The molecule has 216 valence electrons. The van der Waals surface area contributed by atoms with Crippen LogP contribution in [0.2, 0.25) is 0 Å². The van der Waals surface area contributed by atoms with E-state index in [0.29, 0.717) is 74.8 Å². The lowest BCUT2D eigenvalue weighted by molar-refractivity contribution is -0.133. The summed E-state index contributed by atoms with van der Waals surface area (Å²) in [5.41, 5.74) is 1.57. The molecule has 4 aromatic rings. The Labute approximate surface area is 242 Å². The molecule has 0 atom stereocenters. The molecule has 11 heteroatoms. The van der Waals surface area contributed by atoms with Crippen molar-refractivity contribution >= 4 is 34.3 Å². The predicted molar refractivity (Wildman–Crippen MR) is 154 cm³/mol. The Morgan fingerprint density at radius 2 is 1.60 bits per heavy atom. The number of carbonyl (C=O) groups excluding carboxylic acids is 3. The Hall–Kier alpha value is -4.64. The molecule has 2 aliphatic rings. The number of hydrogen-bond acceptors (Lipinski definition) is 7. The molecule has 4 heterocycles. The lowest BCUT2D eigenvalue weighted by atomic mass is 10.0. The summed E-state index contributed by atoms with van der Waals surface area (Å²) in [5, 5.41) is 5.02. The van der Waals surface area contributed by atoms with Gasteiger partial charge in [0.25, 0.3) is 5.91 Å². The second-order valence-corrected chi connectivity index (χ2v) is 10.4. The summed E-state index contributed by atoms with van der Waals surface area (Å²) in [6, 6.07) is 17.3. The van der Waals surface area contributed by atoms with Gasteiger partial charge >= 0.3 is 0 Å². The number of ether oxygens (including phenoxy) is 1. The first kappa shape index (κ1) is 27.5. The topological polar surface area (TPSA) is 101 Å². The van der Waals surface area contributed by atoms with Crippen molar-refractivity contribution < 1.29 is 23.5 Å². The molecule has 2 aromatic carbocycles. The van der Waals surface area contributed by atoms with Crippen molar-refractivity contribution in [3.05, 3.63) is 89.5 Å². The summed E-state index contributed by atoms with van der Waals surface area (Å²) in [6.07, 6.45) is 1.55. The van der Waals surface area contributed by atoms with Crippen LogP contribution in [0.3, 0.4) is 0 Å². The van der Waals surface area contributed by atoms with Crippen LogP contribution in [0.1, 0.15) is 26.4 Å². The van der Waals surface area contributed by atoms with Gasteiger partial charge in [0, 0.05) is 68.9 Å². The van der Waals surface area contributed by atoms with Crippen LogP contribution in [-0.4, -0.2) is 94.6 Å². The molecule has 2 saturated heterocycles. The first-order chi connectivity index (χ1) is 20.4. The average molecular weight is 571 g/mol. The third-order valence-electron chi connectivity index (χ3n) is 7.66. The molecule has 0 bridgehead atoms. The van der Waals surface area contributed by atoms with Gasteiger partial charge in [0.15, 0.2) is 5.78 Å². The SMILES string of the molecule is O=C(Cc1cc2cn(CC(=O)N3CCN(C(=O)c4ccccc4)CC3)nc2cc1F)c1cccc(N2CCOCC2)n1. The maximum atomic E-state index is 15.0. The number of pyridine rings is 1. The molecule has 0 spiro atoms. The number of morpholine rings is 1. The van der Waals surface area contributed by atoms with Gasteiger partial charge < -0.3 is 19.4 Å². The second-order valence-electron chi connectivity index (χ2n) is 10.4. The molecule has 42 heavy (non-hydrogen) atoms. The van der Waals surface area contributed by atoms with Crippen LogP contribution >= 0.6 is 0 Å². The van der Waals surface area contributed by atoms with E-state index in [1.165, 1.54) is 10.7 Å². The molecule has 10 nitrogen and oxygen atoms in total. The second kappa shape index (κ2) is 12.1. The number of nitrogens with zero attached hydrogens (tertiary/aromatic N) is 6. The number of piperazine rings is 1. The van der Waals surface area contributed by atoms with Crippen molar-refractivity contribution in [3.8, 4) is 0 Å². The van der Waals surface area contributed by atoms with Crippen LogP contribution < -0.4 is 4.90 Å². The fraction of sp³-hybridized carbons (Fsp3) is 0.323. The highest BCUT2D eigenvalue weighted by Gasteiger charge is 2.25. The number of hydrogen-bond donors (Lipinski definition) is 0. The van der Waals surface area contributed by atoms with E-state index in [4.69, 9.17) is 4.74 Å². The normalized spacial score (nSPS) is 15.7. The lowest BCUT2D eigenvalue weighted by Crippen LogP contribution is -2.51. The minimum absolute atomic E-state index is 0.00452. The van der Waals surface area contributed by atoms with Crippen molar-refractivity contribution in [2.75, 3.05) is 57.4 Å². The molecular formula is C31H31FN6O4. The van der Waals surface area contributed by atoms with Crippen molar-refractivity contribution in [1.82, 2.24) is 24.6 Å². The van der Waals surface area contributed by atoms with Crippen LogP contribution in [0, 0.1) is 5.82 Å². The van der Waals surface area contributed by atoms with E-state index in [2.05, 4.69) is 15.0 Å². The lowest BCUT2D eigenvalue weighted by Gasteiger charge is -2.34. The van der Waals surface area contributed by atoms with Gasteiger partial charge in [0.1, 0.15) is 23.9 Å². The largest absolute Gasteiger partial charge is 0.378 e. The highest BCUT2D eigenvalue weighted by molar-refractivity contribution is 5.97. The molecular weight excluding hydrogens is 539 g/mol. The van der Waals surface area contributed by atoms with Crippen LogP contribution in [0.15, 0.2) is 66.9 Å². The van der Waals surface area contributed by atoms with Crippen molar-refractivity contribution in [1.29, 1.82) is 0 Å². The molecule has 2 aliphatic heterocycles. The molecule has 0 radical (unpaired) electrons. The Morgan fingerprint density at radius 1 is 0.857 bits per heavy atom. The highest BCUT2D eigenvalue weighted by atomic mass is 19.1. The number of Topliss-reactive ketones (excluding diaryl/α,β-unsaturated/α-hetero) is 1. The van der Waals surface area contributed by atoms with E-state index in [9.17, 15) is 14.4 Å². The molecule has 6 rings (SSSR count). The van der Waals surface area contributed by atoms with Crippen molar-refractivity contribution in [2.45, 2.75) is 13.0 Å². The molecule has 2 amide bonds. The molecule has 2 aromatic heterocycles. The van der Waals surface area contributed by atoms with Gasteiger partial charge in [0.05, 0.1) is 18.7 Å². The summed E-state index contributed by atoms with van der Waals surface area (Å²) in [6.45, 7) is 4.38. The summed E-state index contributed by atoms with van der Waals surface area (Å²) in [5.74, 6) is -0.281. The Balaban J connectivity index is 1.08. The smallest absolute Gasteiger partial charge is 0.253 e. The number of fused-ring (bicyclic) bond motifs is 1. The first-order valence-corrected chi connectivity index (χ1v) is 14.1. The minimum atomic E-state index is -0.532. The molecule has 0 N–H and O–H groups in total. The van der Waals surface area contributed by atoms with Gasteiger partial charge in [-0.2, -0.15) is 5.10 Å². The first-order valence-electron chi connectivity index (χ1n) is 14.1. The Kier molecular flexibility index (Phi) is 7.91. The van der Waals surface area contributed by atoms with Gasteiger partial charge in [0.2, 0.25) is 5.91 Å². The van der Waals surface area contributed by atoms with Crippen LogP contribution in [0.25, 0.3) is 10.9 Å². The van der Waals surface area contributed by atoms with Gasteiger partial charge in [-0.3, -0.25) is 19.1 Å². The predicted octanol–water partition coefficient (Wildman–Crippen LogP) is 2.82. The summed E-state index contributed by atoms with van der Waals surface area (Å²) in [4.78, 5) is 48.8. The summed E-state index contributed by atoms with van der Waals surface area (Å²) in [7, 11) is 0. The van der Waals surface area contributed by atoms with E-state index < -0.39 is 5.82 Å². The number of halogens is 1. The number of aromatic nitrogens is 3. The van der Waals surface area contributed by atoms with Crippen molar-refractivity contribution in [2.24, 2.45) is 0 Å². The van der Waals surface area contributed by atoms with Crippen LogP contribution in [-0.2, 0) is 22.5 Å². The minimum Gasteiger partial charge on any atom is -0.378 e.